The summed E-state index contributed by atoms with van der Waals surface area (Å²) >= 11 is 1.46. The number of thiazole rings is 1. The molecule has 4 rings (SSSR count). The first kappa shape index (κ1) is 14.3. The summed E-state index contributed by atoms with van der Waals surface area (Å²) in [5, 5.41) is 7.61. The molecular weight excluding hydrogens is 310 g/mol. The van der Waals surface area contributed by atoms with Crippen LogP contribution in [0.5, 0.6) is 0 Å². The van der Waals surface area contributed by atoms with Gasteiger partial charge in [0, 0.05) is 43.0 Å². The molecule has 3 aromatic rings. The second kappa shape index (κ2) is 5.73. The smallest absolute Gasteiger partial charge is 0.273 e. The lowest BCUT2D eigenvalue weighted by Gasteiger charge is -2.31. The lowest BCUT2D eigenvalue weighted by atomic mass is 9.92. The minimum Gasteiger partial charge on any atom is -0.337 e. The summed E-state index contributed by atoms with van der Waals surface area (Å²) in [6, 6.07) is 4.03. The van der Waals surface area contributed by atoms with Gasteiger partial charge >= 0.3 is 0 Å². The molecule has 23 heavy (non-hydrogen) atoms. The maximum atomic E-state index is 12.4. The molecule has 0 N–H and O–H groups in total. The highest BCUT2D eigenvalue weighted by atomic mass is 32.1. The van der Waals surface area contributed by atoms with Crippen molar-refractivity contribution in [3.05, 3.63) is 40.6 Å². The molecule has 118 valence electrons. The molecule has 3 aromatic heterocycles. The standard InChI is InChI=1S/C16H17N5OS/c1-20-15-12(3-2-6-17-15)14(19-20)11-4-7-21(8-5-11)16(22)13-9-23-10-18-13/h2-3,6,9-11H,4-5,7-8H2,1H3. The van der Waals surface area contributed by atoms with Crippen LogP contribution in [0.3, 0.4) is 0 Å². The molecule has 7 heteroatoms. The van der Waals surface area contributed by atoms with Gasteiger partial charge in [-0.05, 0) is 25.0 Å². The summed E-state index contributed by atoms with van der Waals surface area (Å²) in [5.74, 6) is 0.416. The Bertz CT molecular complexity index is 833. The van der Waals surface area contributed by atoms with Crippen molar-refractivity contribution in [3.8, 4) is 0 Å². The number of rotatable bonds is 2. The summed E-state index contributed by atoms with van der Waals surface area (Å²) in [5.41, 5.74) is 4.29. The SMILES string of the molecule is Cn1nc(C2CCN(C(=O)c3cscn3)CC2)c2cccnc21. The van der Waals surface area contributed by atoms with Crippen LogP contribution in [-0.4, -0.2) is 43.6 Å². The zero-order valence-electron chi connectivity index (χ0n) is 12.8. The molecule has 0 bridgehead atoms. The van der Waals surface area contributed by atoms with E-state index in [1.165, 1.54) is 11.3 Å². The fourth-order valence-electron chi connectivity index (χ4n) is 3.26. The monoisotopic (exact) mass is 327 g/mol. The Kier molecular flexibility index (Phi) is 3.57. The van der Waals surface area contributed by atoms with E-state index in [2.05, 4.69) is 21.1 Å². The van der Waals surface area contributed by atoms with Gasteiger partial charge in [0.15, 0.2) is 5.65 Å². The van der Waals surface area contributed by atoms with Crippen molar-refractivity contribution in [2.75, 3.05) is 13.1 Å². The van der Waals surface area contributed by atoms with Crippen LogP contribution in [0.15, 0.2) is 29.2 Å². The maximum Gasteiger partial charge on any atom is 0.273 e. The topological polar surface area (TPSA) is 63.9 Å². The Morgan fingerprint density at radius 1 is 1.30 bits per heavy atom. The lowest BCUT2D eigenvalue weighted by Crippen LogP contribution is -2.38. The summed E-state index contributed by atoms with van der Waals surface area (Å²) in [7, 11) is 1.93. The number of piperidine rings is 1. The van der Waals surface area contributed by atoms with Crippen LogP contribution in [0, 0.1) is 0 Å². The van der Waals surface area contributed by atoms with Gasteiger partial charge in [-0.2, -0.15) is 5.10 Å². The van der Waals surface area contributed by atoms with Gasteiger partial charge in [-0.3, -0.25) is 9.48 Å². The quantitative estimate of drug-likeness (QED) is 0.725. The maximum absolute atomic E-state index is 12.4. The summed E-state index contributed by atoms with van der Waals surface area (Å²) in [4.78, 5) is 22.8. The van der Waals surface area contributed by atoms with E-state index >= 15 is 0 Å². The number of amides is 1. The van der Waals surface area contributed by atoms with Crippen molar-refractivity contribution in [1.29, 1.82) is 0 Å². The van der Waals surface area contributed by atoms with Crippen LogP contribution in [0.1, 0.15) is 34.9 Å². The van der Waals surface area contributed by atoms with E-state index in [1.54, 1.807) is 11.7 Å². The van der Waals surface area contributed by atoms with Crippen LogP contribution in [0.25, 0.3) is 11.0 Å². The number of likely N-dealkylation sites (tertiary alicyclic amines) is 1. The number of fused-ring (bicyclic) bond motifs is 1. The Labute approximate surface area is 137 Å². The molecular formula is C16H17N5OS. The van der Waals surface area contributed by atoms with Gasteiger partial charge < -0.3 is 4.90 Å². The molecule has 0 spiro atoms. The molecule has 0 unspecified atom stereocenters. The van der Waals surface area contributed by atoms with Crippen LogP contribution in [0.4, 0.5) is 0 Å². The molecule has 1 saturated heterocycles. The first-order valence-electron chi connectivity index (χ1n) is 7.69. The normalized spacial score (nSPS) is 16.1. The van der Waals surface area contributed by atoms with E-state index in [0.717, 1.165) is 42.7 Å². The average molecular weight is 327 g/mol. The minimum atomic E-state index is 0.0391. The summed E-state index contributed by atoms with van der Waals surface area (Å²) in [6.45, 7) is 1.50. The molecule has 1 fully saturated rings. The second-order valence-electron chi connectivity index (χ2n) is 5.82. The number of nitrogens with zero attached hydrogens (tertiary/aromatic N) is 5. The van der Waals surface area contributed by atoms with Crippen LogP contribution < -0.4 is 0 Å². The third-order valence-electron chi connectivity index (χ3n) is 4.45. The Hall–Kier alpha value is -2.28. The van der Waals surface area contributed by atoms with Crippen LogP contribution >= 0.6 is 11.3 Å². The zero-order chi connectivity index (χ0) is 15.8. The predicted octanol–water partition coefficient (Wildman–Crippen LogP) is 2.44. The van der Waals surface area contributed by atoms with Gasteiger partial charge in [0.1, 0.15) is 5.69 Å². The number of pyridine rings is 1. The molecule has 4 heterocycles. The molecule has 0 atom stereocenters. The number of carbonyl (C=O) groups is 1. The first-order chi connectivity index (χ1) is 11.2. The Morgan fingerprint density at radius 2 is 2.13 bits per heavy atom. The fraction of sp³-hybridized carbons (Fsp3) is 0.375. The third-order valence-corrected chi connectivity index (χ3v) is 5.03. The Morgan fingerprint density at radius 3 is 2.87 bits per heavy atom. The fourth-order valence-corrected chi connectivity index (χ4v) is 3.78. The van der Waals surface area contributed by atoms with Gasteiger partial charge in [-0.25, -0.2) is 9.97 Å². The largest absolute Gasteiger partial charge is 0.337 e. The molecule has 0 radical (unpaired) electrons. The first-order valence-corrected chi connectivity index (χ1v) is 8.63. The number of carbonyl (C=O) groups excluding carboxylic acids is 1. The Balaban J connectivity index is 1.52. The highest BCUT2D eigenvalue weighted by Crippen LogP contribution is 2.31. The van der Waals surface area contributed by atoms with Crippen molar-refractivity contribution >= 4 is 28.3 Å². The van der Waals surface area contributed by atoms with E-state index in [0.29, 0.717) is 11.6 Å². The van der Waals surface area contributed by atoms with Gasteiger partial charge in [0.2, 0.25) is 0 Å². The number of aryl methyl sites for hydroxylation is 1. The lowest BCUT2D eigenvalue weighted by molar-refractivity contribution is 0.0707. The molecule has 1 amide bonds. The molecule has 1 aliphatic heterocycles. The summed E-state index contributed by atoms with van der Waals surface area (Å²) in [6.07, 6.45) is 3.65. The van der Waals surface area contributed by atoms with Gasteiger partial charge in [0.25, 0.3) is 5.91 Å². The van der Waals surface area contributed by atoms with Crippen LogP contribution in [0.2, 0.25) is 0 Å². The molecule has 0 aromatic carbocycles. The van der Waals surface area contributed by atoms with E-state index in [-0.39, 0.29) is 5.91 Å². The molecule has 6 nitrogen and oxygen atoms in total. The van der Waals surface area contributed by atoms with Crippen molar-refractivity contribution in [2.45, 2.75) is 18.8 Å². The van der Waals surface area contributed by atoms with Crippen molar-refractivity contribution in [3.63, 3.8) is 0 Å². The van der Waals surface area contributed by atoms with E-state index < -0.39 is 0 Å². The van der Waals surface area contributed by atoms with Gasteiger partial charge in [0.05, 0.1) is 11.2 Å². The van der Waals surface area contributed by atoms with E-state index in [1.807, 2.05) is 28.1 Å². The van der Waals surface area contributed by atoms with Gasteiger partial charge in [-0.15, -0.1) is 11.3 Å². The van der Waals surface area contributed by atoms with Crippen LogP contribution in [-0.2, 0) is 7.05 Å². The highest BCUT2D eigenvalue weighted by molar-refractivity contribution is 7.07. The van der Waals surface area contributed by atoms with E-state index in [9.17, 15) is 4.79 Å². The average Bonchev–Trinajstić information content (AvgIpc) is 3.23. The van der Waals surface area contributed by atoms with Crippen molar-refractivity contribution < 1.29 is 4.79 Å². The molecule has 0 saturated carbocycles. The van der Waals surface area contributed by atoms with Gasteiger partial charge in [-0.1, -0.05) is 0 Å². The minimum absolute atomic E-state index is 0.0391. The number of hydrogen-bond acceptors (Lipinski definition) is 5. The number of hydrogen-bond donors (Lipinski definition) is 0. The van der Waals surface area contributed by atoms with E-state index in [4.69, 9.17) is 0 Å². The third kappa shape index (κ3) is 2.50. The number of aromatic nitrogens is 4. The van der Waals surface area contributed by atoms with Crippen molar-refractivity contribution in [2.24, 2.45) is 7.05 Å². The second-order valence-corrected chi connectivity index (χ2v) is 6.54. The van der Waals surface area contributed by atoms with Crippen molar-refractivity contribution in [1.82, 2.24) is 24.6 Å². The summed E-state index contributed by atoms with van der Waals surface area (Å²) < 4.78 is 1.84. The zero-order valence-corrected chi connectivity index (χ0v) is 13.7. The molecule has 0 aliphatic carbocycles. The predicted molar refractivity (Wildman–Crippen MR) is 88.5 cm³/mol. The highest BCUT2D eigenvalue weighted by Gasteiger charge is 2.28. The molecule has 1 aliphatic rings.